The second-order valence-corrected chi connectivity index (χ2v) is 4.73. The van der Waals surface area contributed by atoms with Gasteiger partial charge >= 0.3 is 0 Å². The van der Waals surface area contributed by atoms with Crippen LogP contribution in [0.3, 0.4) is 0 Å². The van der Waals surface area contributed by atoms with E-state index < -0.39 is 0 Å². The molecule has 1 aromatic carbocycles. The van der Waals surface area contributed by atoms with E-state index in [1.165, 1.54) is 22.2 Å². The second kappa shape index (κ2) is 4.17. The van der Waals surface area contributed by atoms with Crippen LogP contribution in [0, 0.1) is 6.92 Å². The Hall–Kier alpha value is -1.32. The first-order valence-electron chi connectivity index (χ1n) is 6.14. The fraction of sp³-hybridized carbons (Fsp3) is 0.429. The fourth-order valence-corrected chi connectivity index (χ4v) is 2.49. The highest BCUT2D eigenvalue weighted by atomic mass is 16.5. The number of fused-ring (bicyclic) bond motifs is 1. The number of benzene rings is 1. The molecule has 1 atom stereocenters. The van der Waals surface area contributed by atoms with Crippen LogP contribution in [0.4, 0.5) is 0 Å². The van der Waals surface area contributed by atoms with Crippen molar-refractivity contribution in [2.24, 2.45) is 7.05 Å². The van der Waals surface area contributed by atoms with Gasteiger partial charge in [-0.05, 0) is 30.7 Å². The van der Waals surface area contributed by atoms with Crippen LogP contribution < -0.4 is 5.32 Å². The van der Waals surface area contributed by atoms with Crippen molar-refractivity contribution >= 4 is 10.9 Å². The van der Waals surface area contributed by atoms with E-state index in [0.29, 0.717) is 0 Å². The first-order valence-corrected chi connectivity index (χ1v) is 6.14. The predicted molar refractivity (Wildman–Crippen MR) is 69.2 cm³/mol. The number of nitrogens with zero attached hydrogens (tertiary/aromatic N) is 1. The summed E-state index contributed by atoms with van der Waals surface area (Å²) in [5, 5.41) is 4.67. The third-order valence-electron chi connectivity index (χ3n) is 3.61. The SMILES string of the molecule is Cc1cc2cc(C3CNCCO3)ccc2n1C. The minimum absolute atomic E-state index is 0.202. The Morgan fingerprint density at radius 1 is 1.35 bits per heavy atom. The lowest BCUT2D eigenvalue weighted by Crippen LogP contribution is -2.33. The van der Waals surface area contributed by atoms with Crippen molar-refractivity contribution in [2.75, 3.05) is 19.7 Å². The molecule has 0 radical (unpaired) electrons. The minimum Gasteiger partial charge on any atom is -0.371 e. The zero-order valence-electron chi connectivity index (χ0n) is 10.4. The Bertz CT molecular complexity index is 538. The molecule has 0 amide bonds. The predicted octanol–water partition coefficient (Wildman–Crippen LogP) is 2.15. The topological polar surface area (TPSA) is 26.2 Å². The molecule has 2 heterocycles. The number of nitrogens with one attached hydrogen (secondary N) is 1. The normalized spacial score (nSPS) is 20.9. The van der Waals surface area contributed by atoms with Gasteiger partial charge in [0.05, 0.1) is 12.7 Å². The lowest BCUT2D eigenvalue weighted by atomic mass is 10.1. The first kappa shape index (κ1) is 10.8. The second-order valence-electron chi connectivity index (χ2n) is 4.73. The lowest BCUT2D eigenvalue weighted by molar-refractivity contribution is 0.0278. The van der Waals surface area contributed by atoms with Gasteiger partial charge in [0.1, 0.15) is 0 Å². The molecule has 0 spiro atoms. The zero-order chi connectivity index (χ0) is 11.8. The van der Waals surface area contributed by atoms with E-state index in [1.807, 2.05) is 0 Å². The van der Waals surface area contributed by atoms with Crippen molar-refractivity contribution in [3.05, 3.63) is 35.5 Å². The molecule has 3 heteroatoms. The third-order valence-corrected chi connectivity index (χ3v) is 3.61. The maximum absolute atomic E-state index is 5.78. The molecule has 1 aromatic heterocycles. The van der Waals surface area contributed by atoms with E-state index in [9.17, 15) is 0 Å². The molecule has 1 fully saturated rings. The number of hydrogen-bond donors (Lipinski definition) is 1. The number of aromatic nitrogens is 1. The van der Waals surface area contributed by atoms with Gasteiger partial charge in [0.25, 0.3) is 0 Å². The van der Waals surface area contributed by atoms with Gasteiger partial charge in [0.15, 0.2) is 0 Å². The molecule has 0 bridgehead atoms. The van der Waals surface area contributed by atoms with Crippen LogP contribution >= 0.6 is 0 Å². The van der Waals surface area contributed by atoms with E-state index in [1.54, 1.807) is 0 Å². The molecule has 1 N–H and O–H groups in total. The molecule has 3 rings (SSSR count). The Balaban J connectivity index is 2.01. The number of ether oxygens (including phenoxy) is 1. The quantitative estimate of drug-likeness (QED) is 0.812. The summed E-state index contributed by atoms with van der Waals surface area (Å²) >= 11 is 0. The van der Waals surface area contributed by atoms with Crippen LogP contribution in [-0.2, 0) is 11.8 Å². The van der Waals surface area contributed by atoms with Crippen LogP contribution in [0.5, 0.6) is 0 Å². The van der Waals surface area contributed by atoms with Crippen molar-refractivity contribution < 1.29 is 4.74 Å². The molecular formula is C14H18N2O. The van der Waals surface area contributed by atoms with Crippen molar-refractivity contribution in [1.29, 1.82) is 0 Å². The van der Waals surface area contributed by atoms with Crippen molar-refractivity contribution in [3.8, 4) is 0 Å². The summed E-state index contributed by atoms with van der Waals surface area (Å²) in [6.07, 6.45) is 0.202. The molecule has 2 aromatic rings. The molecular weight excluding hydrogens is 212 g/mol. The van der Waals surface area contributed by atoms with Crippen LogP contribution in [-0.4, -0.2) is 24.3 Å². The van der Waals surface area contributed by atoms with Gasteiger partial charge < -0.3 is 14.6 Å². The van der Waals surface area contributed by atoms with E-state index in [4.69, 9.17) is 4.74 Å². The van der Waals surface area contributed by atoms with Crippen LogP contribution in [0.1, 0.15) is 17.4 Å². The zero-order valence-corrected chi connectivity index (χ0v) is 10.4. The Kier molecular flexibility index (Phi) is 2.65. The summed E-state index contributed by atoms with van der Waals surface area (Å²) in [5.74, 6) is 0. The van der Waals surface area contributed by atoms with Gasteiger partial charge in [-0.15, -0.1) is 0 Å². The van der Waals surface area contributed by atoms with Crippen molar-refractivity contribution in [2.45, 2.75) is 13.0 Å². The van der Waals surface area contributed by atoms with Crippen molar-refractivity contribution in [3.63, 3.8) is 0 Å². The third kappa shape index (κ3) is 1.85. The van der Waals surface area contributed by atoms with Gasteiger partial charge in [0.2, 0.25) is 0 Å². The Labute approximate surface area is 101 Å². The number of rotatable bonds is 1. The summed E-state index contributed by atoms with van der Waals surface area (Å²) in [6, 6.07) is 8.85. The maximum atomic E-state index is 5.78. The summed E-state index contributed by atoms with van der Waals surface area (Å²) in [4.78, 5) is 0. The van der Waals surface area contributed by atoms with Crippen LogP contribution in [0.25, 0.3) is 10.9 Å². The van der Waals surface area contributed by atoms with Crippen LogP contribution in [0.15, 0.2) is 24.3 Å². The minimum atomic E-state index is 0.202. The van der Waals surface area contributed by atoms with E-state index >= 15 is 0 Å². The van der Waals surface area contributed by atoms with E-state index in [0.717, 1.165) is 19.7 Å². The Morgan fingerprint density at radius 3 is 3.00 bits per heavy atom. The molecule has 17 heavy (non-hydrogen) atoms. The van der Waals surface area contributed by atoms with E-state index in [-0.39, 0.29) is 6.10 Å². The average Bonchev–Trinajstić information content (AvgIpc) is 2.66. The summed E-state index contributed by atoms with van der Waals surface area (Å²) in [7, 11) is 2.11. The van der Waals surface area contributed by atoms with Gasteiger partial charge in [-0.3, -0.25) is 0 Å². The number of aryl methyl sites for hydroxylation is 2. The van der Waals surface area contributed by atoms with Gasteiger partial charge in [0, 0.05) is 36.7 Å². The molecule has 90 valence electrons. The van der Waals surface area contributed by atoms with Gasteiger partial charge in [-0.2, -0.15) is 0 Å². The highest BCUT2D eigenvalue weighted by Gasteiger charge is 2.16. The molecule has 1 unspecified atom stereocenters. The standard InChI is InChI=1S/C14H18N2O/c1-10-7-12-8-11(3-4-13(12)16(10)2)14-9-15-5-6-17-14/h3-4,7-8,14-15H,5-6,9H2,1-2H3. The molecule has 1 aliphatic heterocycles. The highest BCUT2D eigenvalue weighted by Crippen LogP contribution is 2.25. The molecule has 0 aliphatic carbocycles. The Morgan fingerprint density at radius 2 is 2.24 bits per heavy atom. The lowest BCUT2D eigenvalue weighted by Gasteiger charge is -2.24. The summed E-state index contributed by atoms with van der Waals surface area (Å²) in [6.45, 7) is 4.81. The van der Waals surface area contributed by atoms with Gasteiger partial charge in [-0.1, -0.05) is 6.07 Å². The largest absolute Gasteiger partial charge is 0.371 e. The summed E-state index contributed by atoms with van der Waals surface area (Å²) in [5.41, 5.74) is 3.85. The molecule has 1 saturated heterocycles. The highest BCUT2D eigenvalue weighted by molar-refractivity contribution is 5.82. The van der Waals surface area contributed by atoms with Crippen molar-refractivity contribution in [1.82, 2.24) is 9.88 Å². The van der Waals surface area contributed by atoms with E-state index in [2.05, 4.69) is 48.1 Å². The number of hydrogen-bond acceptors (Lipinski definition) is 2. The molecule has 1 aliphatic rings. The first-order chi connectivity index (χ1) is 8.25. The van der Waals surface area contributed by atoms with Crippen LogP contribution in [0.2, 0.25) is 0 Å². The smallest absolute Gasteiger partial charge is 0.0950 e. The molecule has 0 saturated carbocycles. The summed E-state index contributed by atoms with van der Waals surface area (Å²) < 4.78 is 8.00. The fourth-order valence-electron chi connectivity index (χ4n) is 2.49. The monoisotopic (exact) mass is 230 g/mol. The average molecular weight is 230 g/mol. The number of morpholine rings is 1. The molecule has 3 nitrogen and oxygen atoms in total. The maximum Gasteiger partial charge on any atom is 0.0950 e. The van der Waals surface area contributed by atoms with Gasteiger partial charge in [-0.25, -0.2) is 0 Å².